The standard InChI is InChI=1S/C18H18N4OS/c23-17(19-11-12-24-18-20-13-21-22-18)16(14-7-3-1-4-8-14)15-9-5-2-6-10-15/h1-10,13,16H,11-12H2,(H,19,23)(H,20,21,22). The Kier molecular flexibility index (Phi) is 5.63. The summed E-state index contributed by atoms with van der Waals surface area (Å²) in [6.45, 7) is 0.570. The fraction of sp³-hybridized carbons (Fsp3) is 0.167. The summed E-state index contributed by atoms with van der Waals surface area (Å²) in [5, 5.41) is 10.4. The van der Waals surface area contributed by atoms with Crippen molar-refractivity contribution in [3.8, 4) is 0 Å². The molecule has 0 aliphatic carbocycles. The van der Waals surface area contributed by atoms with E-state index in [-0.39, 0.29) is 11.8 Å². The van der Waals surface area contributed by atoms with Crippen molar-refractivity contribution in [1.82, 2.24) is 20.5 Å². The fourth-order valence-corrected chi connectivity index (χ4v) is 3.11. The number of nitrogens with one attached hydrogen (secondary N) is 2. The zero-order valence-electron chi connectivity index (χ0n) is 13.1. The van der Waals surface area contributed by atoms with E-state index in [1.807, 2.05) is 60.7 Å². The topological polar surface area (TPSA) is 70.7 Å². The number of carbonyl (C=O) groups is 1. The van der Waals surface area contributed by atoms with Crippen molar-refractivity contribution in [1.29, 1.82) is 0 Å². The lowest BCUT2D eigenvalue weighted by molar-refractivity contribution is -0.121. The predicted octanol–water partition coefficient (Wildman–Crippen LogP) is 2.85. The van der Waals surface area contributed by atoms with E-state index >= 15 is 0 Å². The first kappa shape index (κ1) is 16.3. The molecule has 0 unspecified atom stereocenters. The fourth-order valence-electron chi connectivity index (χ4n) is 2.47. The number of aromatic nitrogens is 3. The van der Waals surface area contributed by atoms with Gasteiger partial charge in [0, 0.05) is 12.3 Å². The van der Waals surface area contributed by atoms with E-state index in [4.69, 9.17) is 0 Å². The van der Waals surface area contributed by atoms with E-state index in [9.17, 15) is 4.79 Å². The molecule has 0 saturated heterocycles. The molecule has 24 heavy (non-hydrogen) atoms. The molecule has 0 spiro atoms. The van der Waals surface area contributed by atoms with Gasteiger partial charge in [-0.3, -0.25) is 9.89 Å². The zero-order valence-corrected chi connectivity index (χ0v) is 13.9. The van der Waals surface area contributed by atoms with Gasteiger partial charge in [-0.25, -0.2) is 4.98 Å². The molecule has 0 aliphatic heterocycles. The summed E-state index contributed by atoms with van der Waals surface area (Å²) in [6.07, 6.45) is 1.47. The maximum Gasteiger partial charge on any atom is 0.232 e. The summed E-state index contributed by atoms with van der Waals surface area (Å²) in [7, 11) is 0. The molecule has 0 atom stereocenters. The van der Waals surface area contributed by atoms with Gasteiger partial charge in [-0.05, 0) is 11.1 Å². The number of aromatic amines is 1. The number of H-pyrrole nitrogens is 1. The number of rotatable bonds is 7. The summed E-state index contributed by atoms with van der Waals surface area (Å²) in [5.74, 6) is 0.435. The second-order valence-electron chi connectivity index (χ2n) is 5.18. The van der Waals surface area contributed by atoms with Gasteiger partial charge in [0.2, 0.25) is 5.91 Å². The highest BCUT2D eigenvalue weighted by Crippen LogP contribution is 2.24. The Bertz CT molecular complexity index is 708. The van der Waals surface area contributed by atoms with Crippen LogP contribution in [0.15, 0.2) is 72.1 Å². The molecule has 1 aromatic heterocycles. The largest absolute Gasteiger partial charge is 0.354 e. The first-order valence-electron chi connectivity index (χ1n) is 7.70. The lowest BCUT2D eigenvalue weighted by atomic mass is 9.90. The van der Waals surface area contributed by atoms with Gasteiger partial charge in [-0.15, -0.1) is 0 Å². The van der Waals surface area contributed by atoms with Crippen molar-refractivity contribution >= 4 is 17.7 Å². The summed E-state index contributed by atoms with van der Waals surface area (Å²) >= 11 is 1.53. The van der Waals surface area contributed by atoms with Crippen LogP contribution in [0.2, 0.25) is 0 Å². The molecule has 2 aromatic carbocycles. The average Bonchev–Trinajstić information content (AvgIpc) is 3.14. The highest BCUT2D eigenvalue weighted by molar-refractivity contribution is 7.99. The molecule has 6 heteroatoms. The first-order chi connectivity index (χ1) is 11.8. The van der Waals surface area contributed by atoms with Crippen molar-refractivity contribution in [2.24, 2.45) is 0 Å². The van der Waals surface area contributed by atoms with Crippen LogP contribution in [-0.2, 0) is 4.79 Å². The summed E-state index contributed by atoms with van der Waals surface area (Å²) < 4.78 is 0. The van der Waals surface area contributed by atoms with Gasteiger partial charge in [0.05, 0.1) is 5.92 Å². The van der Waals surface area contributed by atoms with Crippen LogP contribution in [0.3, 0.4) is 0 Å². The van der Waals surface area contributed by atoms with Crippen LogP contribution in [0.4, 0.5) is 0 Å². The molecular weight excluding hydrogens is 320 g/mol. The molecule has 0 fully saturated rings. The Hall–Kier alpha value is -2.60. The van der Waals surface area contributed by atoms with Crippen LogP contribution >= 0.6 is 11.8 Å². The summed E-state index contributed by atoms with van der Waals surface area (Å²) in [4.78, 5) is 16.8. The number of hydrogen-bond acceptors (Lipinski definition) is 4. The molecule has 0 saturated carbocycles. The van der Waals surface area contributed by atoms with Gasteiger partial charge in [0.15, 0.2) is 5.16 Å². The second kappa shape index (κ2) is 8.31. The van der Waals surface area contributed by atoms with Gasteiger partial charge < -0.3 is 5.32 Å². The van der Waals surface area contributed by atoms with Crippen LogP contribution < -0.4 is 5.32 Å². The predicted molar refractivity (Wildman–Crippen MR) is 94.8 cm³/mol. The Morgan fingerprint density at radius 3 is 2.21 bits per heavy atom. The number of nitrogens with zero attached hydrogens (tertiary/aromatic N) is 2. The van der Waals surface area contributed by atoms with E-state index < -0.39 is 0 Å². The highest BCUT2D eigenvalue weighted by Gasteiger charge is 2.21. The molecule has 122 valence electrons. The van der Waals surface area contributed by atoms with Crippen molar-refractivity contribution in [2.45, 2.75) is 11.1 Å². The van der Waals surface area contributed by atoms with Crippen molar-refractivity contribution in [3.05, 3.63) is 78.1 Å². The average molecular weight is 338 g/mol. The minimum absolute atomic E-state index is 0.00516. The molecule has 2 N–H and O–H groups in total. The van der Waals surface area contributed by atoms with Crippen LogP contribution in [0.25, 0.3) is 0 Å². The Morgan fingerprint density at radius 2 is 1.67 bits per heavy atom. The highest BCUT2D eigenvalue weighted by atomic mass is 32.2. The molecular formula is C18H18N4OS. The van der Waals surface area contributed by atoms with Crippen LogP contribution in [-0.4, -0.2) is 33.4 Å². The van der Waals surface area contributed by atoms with Crippen LogP contribution in [0, 0.1) is 0 Å². The lowest BCUT2D eigenvalue weighted by Crippen LogP contribution is -2.31. The minimum atomic E-state index is -0.303. The monoisotopic (exact) mass is 338 g/mol. The van der Waals surface area contributed by atoms with E-state index in [0.29, 0.717) is 6.54 Å². The molecule has 0 bridgehead atoms. The molecule has 0 aliphatic rings. The van der Waals surface area contributed by atoms with Crippen molar-refractivity contribution in [3.63, 3.8) is 0 Å². The van der Waals surface area contributed by atoms with Crippen LogP contribution in [0.5, 0.6) is 0 Å². The third-order valence-corrected chi connectivity index (χ3v) is 4.44. The number of benzene rings is 2. The van der Waals surface area contributed by atoms with Gasteiger partial charge in [-0.2, -0.15) is 5.10 Å². The van der Waals surface area contributed by atoms with Crippen molar-refractivity contribution < 1.29 is 4.79 Å². The Morgan fingerprint density at radius 1 is 1.04 bits per heavy atom. The zero-order chi connectivity index (χ0) is 16.6. The number of hydrogen-bond donors (Lipinski definition) is 2. The Labute approximate surface area is 144 Å². The van der Waals surface area contributed by atoms with Gasteiger partial charge in [0.25, 0.3) is 0 Å². The van der Waals surface area contributed by atoms with Gasteiger partial charge in [0.1, 0.15) is 6.33 Å². The van der Waals surface area contributed by atoms with E-state index in [2.05, 4.69) is 20.5 Å². The molecule has 1 amide bonds. The molecule has 3 rings (SSSR count). The van der Waals surface area contributed by atoms with Gasteiger partial charge in [-0.1, -0.05) is 72.4 Å². The third-order valence-electron chi connectivity index (χ3n) is 3.56. The number of amides is 1. The smallest absolute Gasteiger partial charge is 0.232 e. The van der Waals surface area contributed by atoms with E-state index in [1.54, 1.807) is 0 Å². The second-order valence-corrected chi connectivity index (χ2v) is 6.27. The van der Waals surface area contributed by atoms with Gasteiger partial charge >= 0.3 is 0 Å². The molecule has 3 aromatic rings. The SMILES string of the molecule is O=C(NCCSc1ncn[nH]1)C(c1ccccc1)c1ccccc1. The normalized spacial score (nSPS) is 10.7. The quantitative estimate of drug-likeness (QED) is 0.513. The Balaban J connectivity index is 1.65. The maximum atomic E-state index is 12.7. The maximum absolute atomic E-state index is 12.7. The number of thioether (sulfide) groups is 1. The number of carbonyl (C=O) groups excluding carboxylic acids is 1. The van der Waals surface area contributed by atoms with E-state index in [0.717, 1.165) is 22.0 Å². The summed E-state index contributed by atoms with van der Waals surface area (Å²) in [6, 6.07) is 19.7. The third kappa shape index (κ3) is 4.23. The van der Waals surface area contributed by atoms with Crippen molar-refractivity contribution in [2.75, 3.05) is 12.3 Å². The molecule has 0 radical (unpaired) electrons. The molecule has 1 heterocycles. The lowest BCUT2D eigenvalue weighted by Gasteiger charge is -2.17. The first-order valence-corrected chi connectivity index (χ1v) is 8.69. The van der Waals surface area contributed by atoms with E-state index in [1.165, 1.54) is 18.1 Å². The summed E-state index contributed by atoms with van der Waals surface area (Å²) in [5.41, 5.74) is 1.98. The minimum Gasteiger partial charge on any atom is -0.354 e. The van der Waals surface area contributed by atoms with Crippen LogP contribution in [0.1, 0.15) is 17.0 Å². The molecule has 5 nitrogen and oxygen atoms in total.